The Bertz CT molecular complexity index is 542. The van der Waals surface area contributed by atoms with Gasteiger partial charge in [0.25, 0.3) is 0 Å². The molecule has 0 atom stereocenters. The first-order chi connectivity index (χ1) is 8.69. The van der Waals surface area contributed by atoms with E-state index in [0.29, 0.717) is 13.0 Å². The van der Waals surface area contributed by atoms with Crippen molar-refractivity contribution in [3.63, 3.8) is 0 Å². The molecule has 96 valence electrons. The van der Waals surface area contributed by atoms with Gasteiger partial charge in [0.1, 0.15) is 0 Å². The van der Waals surface area contributed by atoms with Gasteiger partial charge in [0.05, 0.1) is 0 Å². The van der Waals surface area contributed by atoms with E-state index < -0.39 is 0 Å². The van der Waals surface area contributed by atoms with Crippen molar-refractivity contribution in [3.8, 4) is 0 Å². The van der Waals surface area contributed by atoms with Gasteiger partial charge in [-0.3, -0.25) is 4.79 Å². The molecule has 0 fully saturated rings. The molecule has 2 N–H and O–H groups in total. The predicted molar refractivity (Wildman–Crippen MR) is 74.7 cm³/mol. The summed E-state index contributed by atoms with van der Waals surface area (Å²) in [5.41, 5.74) is 3.61. The Labute approximate surface area is 108 Å². The number of aromatic nitrogens is 1. The summed E-state index contributed by atoms with van der Waals surface area (Å²) in [6.07, 6.45) is 2.41. The smallest absolute Gasteiger partial charge is 0.219 e. The van der Waals surface area contributed by atoms with Crippen molar-refractivity contribution in [1.29, 1.82) is 0 Å². The van der Waals surface area contributed by atoms with Gasteiger partial charge in [0.15, 0.2) is 0 Å². The number of hydrogen-bond acceptors (Lipinski definition) is 1. The van der Waals surface area contributed by atoms with E-state index in [9.17, 15) is 4.79 Å². The topological polar surface area (TPSA) is 44.9 Å². The van der Waals surface area contributed by atoms with Gasteiger partial charge in [-0.05, 0) is 48.9 Å². The molecule has 0 aliphatic heterocycles. The molecule has 3 heteroatoms. The van der Waals surface area contributed by atoms with Crippen LogP contribution in [0.15, 0.2) is 24.3 Å². The molecule has 2 rings (SSSR count). The molecule has 1 aromatic carbocycles. The summed E-state index contributed by atoms with van der Waals surface area (Å²) >= 11 is 0. The lowest BCUT2D eigenvalue weighted by Gasteiger charge is -2.04. The number of amides is 1. The van der Waals surface area contributed by atoms with E-state index in [-0.39, 0.29) is 5.91 Å². The molecule has 2 aromatic rings. The number of H-pyrrole nitrogens is 1. The standard InChI is InChI=1S/C15H20N2O/c1-3-4-15(18)16-8-7-12-5-6-14-13(10-12)9-11(2)17-14/h5-6,9-10,17H,3-4,7-8H2,1-2H3,(H,16,18). The molecule has 0 unspecified atom stereocenters. The highest BCUT2D eigenvalue weighted by Gasteiger charge is 2.01. The van der Waals surface area contributed by atoms with Crippen LogP contribution in [0.2, 0.25) is 0 Å². The summed E-state index contributed by atoms with van der Waals surface area (Å²) in [4.78, 5) is 14.6. The largest absolute Gasteiger partial charge is 0.359 e. The van der Waals surface area contributed by atoms with E-state index in [1.54, 1.807) is 0 Å². The Morgan fingerprint density at radius 3 is 2.94 bits per heavy atom. The summed E-state index contributed by atoms with van der Waals surface area (Å²) in [6.45, 7) is 4.79. The fraction of sp³-hybridized carbons (Fsp3) is 0.400. The van der Waals surface area contributed by atoms with Crippen LogP contribution in [0, 0.1) is 6.92 Å². The Morgan fingerprint density at radius 1 is 1.33 bits per heavy atom. The lowest BCUT2D eigenvalue weighted by atomic mass is 10.1. The fourth-order valence-corrected chi connectivity index (χ4v) is 2.14. The van der Waals surface area contributed by atoms with Crippen molar-refractivity contribution < 1.29 is 4.79 Å². The van der Waals surface area contributed by atoms with Gasteiger partial charge in [-0.1, -0.05) is 13.0 Å². The quantitative estimate of drug-likeness (QED) is 0.834. The third-order valence-corrected chi connectivity index (χ3v) is 3.03. The minimum Gasteiger partial charge on any atom is -0.359 e. The number of fused-ring (bicyclic) bond motifs is 1. The summed E-state index contributed by atoms with van der Waals surface area (Å²) in [6, 6.07) is 8.55. The van der Waals surface area contributed by atoms with Gasteiger partial charge in [-0.25, -0.2) is 0 Å². The highest BCUT2D eigenvalue weighted by atomic mass is 16.1. The Balaban J connectivity index is 1.93. The maximum Gasteiger partial charge on any atom is 0.219 e. The van der Waals surface area contributed by atoms with Crippen LogP contribution >= 0.6 is 0 Å². The van der Waals surface area contributed by atoms with Crippen LogP contribution in [0.3, 0.4) is 0 Å². The highest BCUT2D eigenvalue weighted by molar-refractivity contribution is 5.81. The molecule has 1 aromatic heterocycles. The first kappa shape index (κ1) is 12.7. The van der Waals surface area contributed by atoms with E-state index in [2.05, 4.69) is 41.5 Å². The zero-order chi connectivity index (χ0) is 13.0. The zero-order valence-corrected chi connectivity index (χ0v) is 11.0. The number of rotatable bonds is 5. The predicted octanol–water partition coefficient (Wildman–Crippen LogP) is 2.94. The van der Waals surface area contributed by atoms with Gasteiger partial charge >= 0.3 is 0 Å². The van der Waals surface area contributed by atoms with Crippen molar-refractivity contribution in [2.24, 2.45) is 0 Å². The van der Waals surface area contributed by atoms with Crippen molar-refractivity contribution in [3.05, 3.63) is 35.5 Å². The van der Waals surface area contributed by atoms with Crippen LogP contribution in [0.4, 0.5) is 0 Å². The molecule has 18 heavy (non-hydrogen) atoms. The monoisotopic (exact) mass is 244 g/mol. The SMILES string of the molecule is CCCC(=O)NCCc1ccc2[nH]c(C)cc2c1. The lowest BCUT2D eigenvalue weighted by molar-refractivity contribution is -0.121. The summed E-state index contributed by atoms with van der Waals surface area (Å²) < 4.78 is 0. The van der Waals surface area contributed by atoms with E-state index in [1.807, 2.05) is 6.92 Å². The molecule has 0 saturated heterocycles. The molecule has 0 aliphatic rings. The number of carbonyl (C=O) groups excluding carboxylic acids is 1. The van der Waals surface area contributed by atoms with Gasteiger partial charge in [0.2, 0.25) is 5.91 Å². The van der Waals surface area contributed by atoms with Crippen molar-refractivity contribution >= 4 is 16.8 Å². The Hall–Kier alpha value is -1.77. The third-order valence-electron chi connectivity index (χ3n) is 3.03. The summed E-state index contributed by atoms with van der Waals surface area (Å²) in [5, 5.41) is 4.18. The molecule has 0 saturated carbocycles. The number of hydrogen-bond donors (Lipinski definition) is 2. The van der Waals surface area contributed by atoms with Crippen LogP contribution < -0.4 is 5.32 Å². The first-order valence-electron chi connectivity index (χ1n) is 6.54. The molecular formula is C15H20N2O. The van der Waals surface area contributed by atoms with Crippen molar-refractivity contribution in [1.82, 2.24) is 10.3 Å². The zero-order valence-electron chi connectivity index (χ0n) is 11.0. The average Bonchev–Trinajstić information content (AvgIpc) is 2.69. The normalized spacial score (nSPS) is 10.8. The second kappa shape index (κ2) is 5.71. The van der Waals surface area contributed by atoms with Gasteiger partial charge in [-0.15, -0.1) is 0 Å². The molecule has 3 nitrogen and oxygen atoms in total. The number of aryl methyl sites for hydroxylation is 1. The minimum absolute atomic E-state index is 0.149. The van der Waals surface area contributed by atoms with Crippen molar-refractivity contribution in [2.75, 3.05) is 6.54 Å². The molecule has 0 radical (unpaired) electrons. The maximum atomic E-state index is 11.3. The van der Waals surface area contributed by atoms with Gasteiger partial charge < -0.3 is 10.3 Å². The summed E-state index contributed by atoms with van der Waals surface area (Å²) in [5.74, 6) is 0.149. The van der Waals surface area contributed by atoms with Crippen LogP contribution in [-0.2, 0) is 11.2 Å². The van der Waals surface area contributed by atoms with Gasteiger partial charge in [-0.2, -0.15) is 0 Å². The number of carbonyl (C=O) groups is 1. The first-order valence-corrected chi connectivity index (χ1v) is 6.54. The molecule has 1 heterocycles. The maximum absolute atomic E-state index is 11.3. The number of nitrogens with one attached hydrogen (secondary N) is 2. The van der Waals surface area contributed by atoms with E-state index in [0.717, 1.165) is 12.8 Å². The van der Waals surface area contributed by atoms with Crippen molar-refractivity contribution in [2.45, 2.75) is 33.1 Å². The van der Waals surface area contributed by atoms with Gasteiger partial charge in [0, 0.05) is 24.2 Å². The minimum atomic E-state index is 0.149. The highest BCUT2D eigenvalue weighted by Crippen LogP contribution is 2.16. The molecule has 1 amide bonds. The fourth-order valence-electron chi connectivity index (χ4n) is 2.14. The Kier molecular flexibility index (Phi) is 4.03. The molecule has 0 aliphatic carbocycles. The van der Waals surface area contributed by atoms with Crippen LogP contribution in [-0.4, -0.2) is 17.4 Å². The van der Waals surface area contributed by atoms with Crippen LogP contribution in [0.5, 0.6) is 0 Å². The third kappa shape index (κ3) is 3.13. The number of benzene rings is 1. The second-order valence-corrected chi connectivity index (χ2v) is 4.72. The van der Waals surface area contributed by atoms with E-state index in [4.69, 9.17) is 0 Å². The summed E-state index contributed by atoms with van der Waals surface area (Å²) in [7, 11) is 0. The van der Waals surface area contributed by atoms with Crippen LogP contribution in [0.1, 0.15) is 31.0 Å². The molecule has 0 bridgehead atoms. The number of aromatic amines is 1. The Morgan fingerprint density at radius 2 is 2.17 bits per heavy atom. The molecular weight excluding hydrogens is 224 g/mol. The van der Waals surface area contributed by atoms with Crippen LogP contribution in [0.25, 0.3) is 10.9 Å². The lowest BCUT2D eigenvalue weighted by Crippen LogP contribution is -2.25. The molecule has 0 spiro atoms. The van der Waals surface area contributed by atoms with E-state index >= 15 is 0 Å². The second-order valence-electron chi connectivity index (χ2n) is 4.72. The van der Waals surface area contributed by atoms with E-state index in [1.165, 1.54) is 22.2 Å². The average molecular weight is 244 g/mol.